The minimum Gasteiger partial charge on any atom is -0.347 e. The number of hydrogen-bond donors (Lipinski definition) is 0. The lowest BCUT2D eigenvalue weighted by Gasteiger charge is -2.69. The fourth-order valence-corrected chi connectivity index (χ4v) is 11.8. The summed E-state index contributed by atoms with van der Waals surface area (Å²) in [7, 11) is 0. The maximum atomic E-state index is 2.86. The third-order valence-electron chi connectivity index (χ3n) is 12.4. The summed E-state index contributed by atoms with van der Waals surface area (Å²) in [6, 6.07) is 18.1. The predicted octanol–water partition coefficient (Wildman–Crippen LogP) is 4.20. The van der Waals surface area contributed by atoms with Gasteiger partial charge in [0.05, 0.1) is 18.1 Å². The minimum absolute atomic E-state index is 0.490. The monoisotopic (exact) mass is 468 g/mol. The molecule has 3 aromatic rings. The van der Waals surface area contributed by atoms with E-state index in [0.29, 0.717) is 65.8 Å². The van der Waals surface area contributed by atoms with Gasteiger partial charge < -0.3 is 28.4 Å². The van der Waals surface area contributed by atoms with Crippen molar-refractivity contribution in [3.05, 3.63) is 84.1 Å². The van der Waals surface area contributed by atoms with Gasteiger partial charge in [-0.1, -0.05) is 18.2 Å². The molecule has 1 saturated carbocycles. The second-order valence-corrected chi connectivity index (χ2v) is 12.9. The van der Waals surface area contributed by atoms with E-state index in [9.17, 15) is 0 Å². The molecule has 10 aliphatic rings. The van der Waals surface area contributed by atoms with Gasteiger partial charge in [0.15, 0.2) is 0 Å². The van der Waals surface area contributed by atoms with E-state index in [0.717, 1.165) is 6.54 Å². The molecule has 1 fully saturated rings. The van der Waals surface area contributed by atoms with Gasteiger partial charge in [-0.25, -0.2) is 0 Å². The highest BCUT2D eigenvalue weighted by atomic mass is 15.4. The van der Waals surface area contributed by atoms with Crippen LogP contribution in [0.4, 0.5) is 17.5 Å². The Morgan fingerprint density at radius 2 is 1.19 bits per heavy atom. The van der Waals surface area contributed by atoms with Gasteiger partial charge >= 0.3 is 0 Å². The first-order valence-electron chi connectivity index (χ1n) is 13.9. The second kappa shape index (κ2) is 4.51. The molecule has 0 N–H and O–H groups in total. The molecule has 0 spiro atoms. The summed E-state index contributed by atoms with van der Waals surface area (Å²) in [6.07, 6.45) is 12.5. The highest BCUT2D eigenvalue weighted by Gasteiger charge is 2.72. The Kier molecular flexibility index (Phi) is 2.04. The van der Waals surface area contributed by atoms with Crippen molar-refractivity contribution in [3.8, 4) is 0 Å². The highest BCUT2D eigenvalue weighted by molar-refractivity contribution is 5.82. The zero-order valence-corrected chi connectivity index (χ0v) is 19.6. The van der Waals surface area contributed by atoms with E-state index < -0.39 is 0 Å². The first kappa shape index (κ1) is 16.3. The lowest BCUT2D eigenvalue weighted by Crippen LogP contribution is -2.71. The molecule has 12 heterocycles. The molecule has 13 rings (SSSR count). The standard InChI is InChI=1S/C30H24N6/c1-4-19-31-11-8-14-17-3-6-21-33-12-9-15-18-2-5-20-32-10-7-13-16(1)34(19)28-22(25(13)32)29(35(18)20)24(27(15)33)30(36(17)21)23(28)26(14)31/h1-11,13-14,22-30H,12H2. The van der Waals surface area contributed by atoms with E-state index in [1.807, 2.05) is 0 Å². The predicted molar refractivity (Wildman–Crippen MR) is 136 cm³/mol. The average Bonchev–Trinajstić information content (AvgIpc) is 3.70. The number of aromatic nitrogens is 3. The van der Waals surface area contributed by atoms with E-state index in [2.05, 4.69) is 95.4 Å². The van der Waals surface area contributed by atoms with Crippen molar-refractivity contribution in [1.29, 1.82) is 0 Å². The number of fused-ring (bicyclic) bond motifs is 6. The van der Waals surface area contributed by atoms with Gasteiger partial charge in [0.25, 0.3) is 0 Å². The highest BCUT2D eigenvalue weighted by Crippen LogP contribution is 2.73. The Morgan fingerprint density at radius 3 is 1.97 bits per heavy atom. The molecule has 6 heteroatoms. The smallest absolute Gasteiger partial charge is 0.113 e. The zero-order chi connectivity index (χ0) is 22.3. The molecule has 6 nitrogen and oxygen atoms in total. The van der Waals surface area contributed by atoms with Crippen LogP contribution in [0.2, 0.25) is 0 Å². The summed E-state index contributed by atoms with van der Waals surface area (Å²) in [5.41, 5.74) is 6.22. The Bertz CT molecular complexity index is 1730. The van der Waals surface area contributed by atoms with Crippen LogP contribution < -0.4 is 14.7 Å². The first-order valence-corrected chi connectivity index (χ1v) is 13.9. The van der Waals surface area contributed by atoms with Crippen LogP contribution >= 0.6 is 0 Å². The van der Waals surface area contributed by atoms with Crippen LogP contribution in [0.15, 0.2) is 67.0 Å². The van der Waals surface area contributed by atoms with Gasteiger partial charge in [0, 0.05) is 83.7 Å². The zero-order valence-electron chi connectivity index (χ0n) is 19.6. The van der Waals surface area contributed by atoms with Gasteiger partial charge in [-0.3, -0.25) is 0 Å². The summed E-state index contributed by atoms with van der Waals surface area (Å²) in [4.78, 5) is 8.16. The van der Waals surface area contributed by atoms with Crippen molar-refractivity contribution < 1.29 is 0 Å². The molecule has 36 heavy (non-hydrogen) atoms. The quantitative estimate of drug-likeness (QED) is 0.494. The van der Waals surface area contributed by atoms with Crippen molar-refractivity contribution >= 4 is 23.0 Å². The van der Waals surface area contributed by atoms with Crippen LogP contribution in [0, 0.1) is 17.8 Å². The molecule has 1 aliphatic carbocycles. The number of rotatable bonds is 0. The van der Waals surface area contributed by atoms with Gasteiger partial charge in [-0.05, 0) is 42.0 Å². The van der Waals surface area contributed by atoms with E-state index in [1.54, 1.807) is 17.0 Å². The van der Waals surface area contributed by atoms with E-state index in [4.69, 9.17) is 0 Å². The Balaban J connectivity index is 1.24. The largest absolute Gasteiger partial charge is 0.347 e. The summed E-state index contributed by atoms with van der Waals surface area (Å²) in [5, 5.41) is 0. The Hall–Kier alpha value is -3.54. The van der Waals surface area contributed by atoms with Gasteiger partial charge in [0.1, 0.15) is 17.5 Å². The van der Waals surface area contributed by atoms with Crippen LogP contribution in [0.1, 0.15) is 47.0 Å². The average molecular weight is 469 g/mol. The molecule has 174 valence electrons. The summed E-state index contributed by atoms with van der Waals surface area (Å²) in [6.45, 7) is 1.05. The van der Waals surface area contributed by atoms with Crippen molar-refractivity contribution in [1.82, 2.24) is 13.7 Å². The first-order chi connectivity index (χ1) is 17.9. The van der Waals surface area contributed by atoms with E-state index >= 15 is 0 Å². The van der Waals surface area contributed by atoms with E-state index in [-0.39, 0.29) is 0 Å². The number of nitrogens with zero attached hydrogens (tertiary/aromatic N) is 6. The molecule has 0 saturated heterocycles. The topological polar surface area (TPSA) is 24.5 Å². The fraction of sp³-hybridized carbons (Fsp3) is 0.400. The lowest BCUT2D eigenvalue weighted by molar-refractivity contribution is -0.0675. The molecule has 11 unspecified atom stereocenters. The molecular weight excluding hydrogens is 444 g/mol. The maximum absolute atomic E-state index is 2.86. The van der Waals surface area contributed by atoms with Crippen LogP contribution in [0.25, 0.3) is 5.57 Å². The summed E-state index contributed by atoms with van der Waals surface area (Å²) in [5.74, 6) is 7.27. The number of hydrogen-bond acceptors (Lipinski definition) is 3. The van der Waals surface area contributed by atoms with E-state index in [1.165, 1.54) is 23.1 Å². The lowest BCUT2D eigenvalue weighted by atomic mass is 9.52. The normalized spacial score (nSPS) is 45.7. The molecule has 9 aliphatic heterocycles. The Morgan fingerprint density at radius 1 is 0.583 bits per heavy atom. The fourth-order valence-electron chi connectivity index (χ4n) is 11.8. The minimum atomic E-state index is 0.490. The second-order valence-electron chi connectivity index (χ2n) is 12.9. The number of anilines is 3. The molecule has 0 bridgehead atoms. The maximum Gasteiger partial charge on any atom is 0.113 e. The molecule has 0 aromatic carbocycles. The molecular formula is C30H24N6. The van der Waals surface area contributed by atoms with Crippen LogP contribution in [0.5, 0.6) is 0 Å². The third-order valence-corrected chi connectivity index (χ3v) is 12.4. The molecule has 0 radical (unpaired) electrons. The van der Waals surface area contributed by atoms with Crippen LogP contribution in [0.3, 0.4) is 0 Å². The molecule has 11 atom stereocenters. The van der Waals surface area contributed by atoms with Gasteiger partial charge in [-0.2, -0.15) is 0 Å². The summed E-state index contributed by atoms with van der Waals surface area (Å²) >= 11 is 0. The van der Waals surface area contributed by atoms with Crippen LogP contribution in [-0.4, -0.2) is 38.4 Å². The molecule has 3 aromatic heterocycles. The van der Waals surface area contributed by atoms with Crippen LogP contribution in [-0.2, 0) is 0 Å². The third kappa shape index (κ3) is 1.23. The van der Waals surface area contributed by atoms with Crippen molar-refractivity contribution in [3.63, 3.8) is 0 Å². The molecule has 0 amide bonds. The Labute approximate surface area is 208 Å². The SMILES string of the molecule is C1=CN2c3ccc4n3C3C5C2C1c1ccc2n1C5C1C5C(C=CN25)c2ccc5n2C1C3C1C4=CCN51. The van der Waals surface area contributed by atoms with Crippen molar-refractivity contribution in [2.75, 3.05) is 21.2 Å². The van der Waals surface area contributed by atoms with Gasteiger partial charge in [0.2, 0.25) is 0 Å². The van der Waals surface area contributed by atoms with Crippen molar-refractivity contribution in [2.45, 2.75) is 48.1 Å². The summed E-state index contributed by atoms with van der Waals surface area (Å²) < 4.78 is 8.54. The van der Waals surface area contributed by atoms with Gasteiger partial charge in [-0.15, -0.1) is 0 Å². The van der Waals surface area contributed by atoms with Crippen molar-refractivity contribution in [2.24, 2.45) is 17.8 Å².